The first-order chi connectivity index (χ1) is 21.2. The van der Waals surface area contributed by atoms with Gasteiger partial charge in [0.15, 0.2) is 0 Å². The molecule has 3 N–H and O–H groups in total. The second-order valence-electron chi connectivity index (χ2n) is 12.2. The number of fused-ring (bicyclic) bond motifs is 2. The number of H-pyrrole nitrogens is 1. The van der Waals surface area contributed by atoms with Gasteiger partial charge in [0.25, 0.3) is 0 Å². The Hall–Kier alpha value is -3.94. The second-order valence-corrected chi connectivity index (χ2v) is 14.1. The zero-order valence-electron chi connectivity index (χ0n) is 25.5. The number of nitrogens with zero attached hydrogens (tertiary/aromatic N) is 7. The molecule has 2 fully saturated rings. The molecule has 44 heavy (non-hydrogen) atoms. The first-order valence-corrected chi connectivity index (χ1v) is 17.2. The molecule has 0 aliphatic carbocycles. The van der Waals surface area contributed by atoms with E-state index in [0.717, 1.165) is 67.0 Å². The van der Waals surface area contributed by atoms with Crippen molar-refractivity contribution in [3.8, 4) is 0 Å². The number of pyridine rings is 1. The summed E-state index contributed by atoms with van der Waals surface area (Å²) in [6.45, 7) is 9.20. The van der Waals surface area contributed by atoms with Gasteiger partial charge in [-0.2, -0.15) is 9.97 Å². The van der Waals surface area contributed by atoms with Crippen molar-refractivity contribution in [2.75, 3.05) is 79.0 Å². The molecular weight excluding hydrogens is 576 g/mol. The highest BCUT2D eigenvalue weighted by Gasteiger charge is 2.30. The number of likely N-dealkylation sites (N-methyl/N-ethyl adjacent to an activating group) is 1. The monoisotopic (exact) mass is 616 g/mol. The lowest BCUT2D eigenvalue weighted by molar-refractivity contribution is 0.0981. The molecule has 0 saturated carbocycles. The predicted molar refractivity (Wildman–Crippen MR) is 176 cm³/mol. The Labute approximate surface area is 258 Å². The summed E-state index contributed by atoms with van der Waals surface area (Å²) in [5.74, 6) is 2.03. The van der Waals surface area contributed by atoms with Crippen LogP contribution in [0.1, 0.15) is 24.0 Å². The molecule has 0 atom stereocenters. The van der Waals surface area contributed by atoms with E-state index in [9.17, 15) is 8.42 Å². The number of hydrogen-bond acceptors (Lipinski definition) is 10. The molecule has 13 heteroatoms. The molecule has 7 rings (SSSR count). The van der Waals surface area contributed by atoms with Crippen molar-refractivity contribution in [1.82, 2.24) is 29.7 Å². The molecule has 1 aromatic carbocycles. The molecule has 4 aromatic rings. The van der Waals surface area contributed by atoms with Crippen molar-refractivity contribution in [3.63, 3.8) is 0 Å². The van der Waals surface area contributed by atoms with Crippen LogP contribution in [-0.2, 0) is 16.4 Å². The van der Waals surface area contributed by atoms with Crippen molar-refractivity contribution < 1.29 is 8.42 Å². The Balaban J connectivity index is 1.08. The largest absolute Gasteiger partial charge is 0.356 e. The van der Waals surface area contributed by atoms with E-state index in [1.54, 1.807) is 0 Å². The molecule has 232 valence electrons. The van der Waals surface area contributed by atoms with Crippen LogP contribution in [0.5, 0.6) is 0 Å². The number of aromatic amines is 1. The van der Waals surface area contributed by atoms with E-state index < -0.39 is 10.0 Å². The summed E-state index contributed by atoms with van der Waals surface area (Å²) in [4.78, 5) is 25.0. The van der Waals surface area contributed by atoms with Crippen LogP contribution < -0.4 is 19.8 Å². The van der Waals surface area contributed by atoms with E-state index in [4.69, 9.17) is 9.97 Å². The van der Waals surface area contributed by atoms with Crippen LogP contribution in [0.25, 0.3) is 11.0 Å². The highest BCUT2D eigenvalue weighted by atomic mass is 32.2. The molecule has 0 spiro atoms. The van der Waals surface area contributed by atoms with Gasteiger partial charge in [0.1, 0.15) is 17.3 Å². The number of nitrogens with one attached hydrogen (secondary N) is 3. The minimum atomic E-state index is -3.41. The number of hydrogen-bond donors (Lipinski definition) is 3. The third-order valence-electron chi connectivity index (χ3n) is 9.15. The van der Waals surface area contributed by atoms with E-state index >= 15 is 0 Å². The SMILES string of the molecule is Cc1cc(Nc2nc(Nc3cccc4c3N(S(C)(=O)=O)CC4)c3cc[nH]c3n2)cnc1N1CCC(N2CCN(C)CC2)CC1. The Morgan fingerprint density at radius 1 is 0.977 bits per heavy atom. The Kier molecular flexibility index (Phi) is 7.55. The average molecular weight is 617 g/mol. The zero-order chi connectivity index (χ0) is 30.4. The standard InChI is InChI=1S/C31H40N10O2S/c1-21-19-23(20-33-30(21)40-12-9-24(10-13-40)39-17-15-38(2)16-18-39)34-31-36-28-25(7-11-32-28)29(37-31)35-26-6-4-5-22-8-14-41(27(22)26)44(3,42)43/h4-7,11,19-20,24H,8-10,12-18H2,1-3H3,(H3,32,34,35,36,37). The molecule has 3 aliphatic rings. The number of para-hydroxylation sites is 1. The van der Waals surface area contributed by atoms with E-state index in [-0.39, 0.29) is 0 Å². The molecule has 2 saturated heterocycles. The highest BCUT2D eigenvalue weighted by Crippen LogP contribution is 2.39. The summed E-state index contributed by atoms with van der Waals surface area (Å²) in [6, 6.07) is 10.5. The number of rotatable bonds is 7. The Bertz CT molecular complexity index is 1780. The molecule has 12 nitrogen and oxygen atoms in total. The van der Waals surface area contributed by atoms with Gasteiger partial charge in [0.05, 0.1) is 34.9 Å². The maximum atomic E-state index is 12.5. The van der Waals surface area contributed by atoms with Crippen molar-refractivity contribution in [3.05, 3.63) is 53.9 Å². The van der Waals surface area contributed by atoms with Crippen LogP contribution in [0.15, 0.2) is 42.7 Å². The minimum absolute atomic E-state index is 0.414. The Morgan fingerprint density at radius 3 is 2.52 bits per heavy atom. The fraction of sp³-hybridized carbons (Fsp3) is 0.452. The first-order valence-electron chi connectivity index (χ1n) is 15.4. The molecule has 0 radical (unpaired) electrons. The van der Waals surface area contributed by atoms with E-state index in [2.05, 4.69) is 55.3 Å². The lowest BCUT2D eigenvalue weighted by Gasteiger charge is -2.42. The van der Waals surface area contributed by atoms with Gasteiger partial charge in [-0.1, -0.05) is 12.1 Å². The van der Waals surface area contributed by atoms with Gasteiger partial charge in [-0.05, 0) is 62.6 Å². The van der Waals surface area contributed by atoms with Crippen LogP contribution in [0, 0.1) is 6.92 Å². The highest BCUT2D eigenvalue weighted by molar-refractivity contribution is 7.92. The molecular formula is C31H40N10O2S. The molecule has 0 bridgehead atoms. The average Bonchev–Trinajstić information content (AvgIpc) is 3.66. The van der Waals surface area contributed by atoms with Gasteiger partial charge in [0, 0.05) is 58.1 Å². The van der Waals surface area contributed by atoms with E-state index in [1.165, 1.54) is 23.7 Å². The summed E-state index contributed by atoms with van der Waals surface area (Å²) >= 11 is 0. The molecule has 3 aliphatic heterocycles. The quantitative estimate of drug-likeness (QED) is 0.283. The van der Waals surface area contributed by atoms with Gasteiger partial charge < -0.3 is 25.4 Å². The predicted octanol–water partition coefficient (Wildman–Crippen LogP) is 3.69. The molecule has 3 aromatic heterocycles. The normalized spacial score (nSPS) is 18.6. The summed E-state index contributed by atoms with van der Waals surface area (Å²) in [6.07, 6.45) is 7.91. The van der Waals surface area contributed by atoms with Gasteiger partial charge in [-0.3, -0.25) is 9.21 Å². The Morgan fingerprint density at radius 2 is 1.77 bits per heavy atom. The first kappa shape index (κ1) is 28.8. The van der Waals surface area contributed by atoms with Crippen LogP contribution >= 0.6 is 0 Å². The third kappa shape index (κ3) is 5.66. The number of piperidine rings is 1. The summed E-state index contributed by atoms with van der Waals surface area (Å²) in [5, 5.41) is 7.56. The van der Waals surface area contributed by atoms with Crippen LogP contribution in [0.4, 0.5) is 34.6 Å². The van der Waals surface area contributed by atoms with Crippen LogP contribution in [0.2, 0.25) is 0 Å². The number of sulfonamides is 1. The summed E-state index contributed by atoms with van der Waals surface area (Å²) < 4.78 is 26.5. The number of piperazine rings is 1. The van der Waals surface area contributed by atoms with Gasteiger partial charge >= 0.3 is 0 Å². The zero-order valence-corrected chi connectivity index (χ0v) is 26.4. The van der Waals surface area contributed by atoms with Crippen molar-refractivity contribution in [1.29, 1.82) is 0 Å². The number of aryl methyl sites for hydroxylation is 1. The van der Waals surface area contributed by atoms with Crippen LogP contribution in [0.3, 0.4) is 0 Å². The lowest BCUT2D eigenvalue weighted by Crippen LogP contribution is -2.52. The second kappa shape index (κ2) is 11.5. The number of benzene rings is 1. The number of aromatic nitrogens is 4. The van der Waals surface area contributed by atoms with Crippen LogP contribution in [-0.4, -0.2) is 103 Å². The summed E-state index contributed by atoms with van der Waals surface area (Å²) in [5.41, 5.74) is 4.93. The van der Waals surface area contributed by atoms with Crippen molar-refractivity contribution >= 4 is 55.7 Å². The fourth-order valence-electron chi connectivity index (χ4n) is 6.80. The van der Waals surface area contributed by atoms with Crippen molar-refractivity contribution in [2.24, 2.45) is 0 Å². The smallest absolute Gasteiger partial charge is 0.232 e. The maximum Gasteiger partial charge on any atom is 0.232 e. The minimum Gasteiger partial charge on any atom is -0.356 e. The summed E-state index contributed by atoms with van der Waals surface area (Å²) in [7, 11) is -1.20. The molecule has 0 amide bonds. The fourth-order valence-corrected chi connectivity index (χ4v) is 7.77. The van der Waals surface area contributed by atoms with E-state index in [1.807, 2.05) is 36.7 Å². The van der Waals surface area contributed by atoms with Crippen molar-refractivity contribution in [2.45, 2.75) is 32.2 Å². The molecule has 0 unspecified atom stereocenters. The van der Waals surface area contributed by atoms with Gasteiger partial charge in [-0.15, -0.1) is 0 Å². The maximum absolute atomic E-state index is 12.5. The van der Waals surface area contributed by atoms with E-state index in [0.29, 0.717) is 47.8 Å². The van der Waals surface area contributed by atoms with Gasteiger partial charge in [0.2, 0.25) is 16.0 Å². The topological polar surface area (TPSA) is 126 Å². The number of anilines is 6. The molecule has 6 heterocycles. The lowest BCUT2D eigenvalue weighted by atomic mass is 10.0. The third-order valence-corrected chi connectivity index (χ3v) is 10.3. The van der Waals surface area contributed by atoms with Gasteiger partial charge in [-0.25, -0.2) is 13.4 Å².